The van der Waals surface area contributed by atoms with Gasteiger partial charge in [0.2, 0.25) is 5.43 Å². The molecule has 0 aliphatic heterocycles. The van der Waals surface area contributed by atoms with Gasteiger partial charge in [-0.25, -0.2) is 13.2 Å². The van der Waals surface area contributed by atoms with Crippen LogP contribution in [0.4, 0.5) is 0 Å². The molecule has 0 fully saturated rings. The van der Waals surface area contributed by atoms with Gasteiger partial charge in [0, 0.05) is 12.3 Å². The first-order valence-corrected chi connectivity index (χ1v) is 9.22. The van der Waals surface area contributed by atoms with Gasteiger partial charge in [-0.05, 0) is 31.2 Å². The van der Waals surface area contributed by atoms with E-state index in [4.69, 9.17) is 14.3 Å². The summed E-state index contributed by atoms with van der Waals surface area (Å²) in [4.78, 5) is 23.7. The molecule has 0 aliphatic rings. The van der Waals surface area contributed by atoms with Crippen LogP contribution >= 0.6 is 0 Å². The molecule has 0 amide bonds. The Morgan fingerprint density at radius 2 is 1.92 bits per heavy atom. The highest BCUT2D eigenvalue weighted by Gasteiger charge is 2.20. The maximum Gasteiger partial charge on any atom is 0.335 e. The van der Waals surface area contributed by atoms with Gasteiger partial charge in [-0.1, -0.05) is 0 Å². The highest BCUT2D eigenvalue weighted by atomic mass is 32.2. The van der Waals surface area contributed by atoms with Crippen LogP contribution in [0.25, 0.3) is 21.9 Å². The van der Waals surface area contributed by atoms with Crippen LogP contribution in [0.5, 0.6) is 5.75 Å². The molecule has 130 valence electrons. The van der Waals surface area contributed by atoms with Crippen molar-refractivity contribution in [1.29, 1.82) is 0 Å². The molecule has 2 aromatic carbocycles. The van der Waals surface area contributed by atoms with Crippen LogP contribution in [0.2, 0.25) is 0 Å². The third-order valence-electron chi connectivity index (χ3n) is 3.67. The normalized spacial score (nSPS) is 11.8. The fourth-order valence-corrected chi connectivity index (χ4v) is 3.38. The number of benzene rings is 2. The lowest BCUT2D eigenvalue weighted by atomic mass is 10.1. The summed E-state index contributed by atoms with van der Waals surface area (Å²) in [5.74, 6) is -0.960. The number of carboxylic acids is 1. The first kappa shape index (κ1) is 17.0. The number of hydrogen-bond acceptors (Lipinski definition) is 6. The van der Waals surface area contributed by atoms with Gasteiger partial charge >= 0.3 is 5.97 Å². The Hall–Kier alpha value is -2.87. The largest absolute Gasteiger partial charge is 0.494 e. The van der Waals surface area contributed by atoms with Crippen molar-refractivity contribution in [3.05, 3.63) is 46.1 Å². The fourth-order valence-electron chi connectivity index (χ4n) is 2.56. The summed E-state index contributed by atoms with van der Waals surface area (Å²) in [5, 5.41) is 9.15. The third-order valence-corrected chi connectivity index (χ3v) is 4.77. The molecule has 8 heteroatoms. The molecule has 3 rings (SSSR count). The molecule has 0 aliphatic carbocycles. The Bertz CT molecular complexity index is 1170. The maximum atomic E-state index is 12.8. The minimum atomic E-state index is -3.68. The predicted molar refractivity (Wildman–Crippen MR) is 91.2 cm³/mol. The molecule has 0 saturated heterocycles. The van der Waals surface area contributed by atoms with E-state index in [-0.39, 0.29) is 44.8 Å². The van der Waals surface area contributed by atoms with E-state index in [0.29, 0.717) is 0 Å². The summed E-state index contributed by atoms with van der Waals surface area (Å²) in [6, 6.07) is 6.53. The van der Waals surface area contributed by atoms with Gasteiger partial charge in [0.05, 0.1) is 22.9 Å². The zero-order chi connectivity index (χ0) is 18.4. The highest BCUT2D eigenvalue weighted by molar-refractivity contribution is 7.91. The Kier molecular flexibility index (Phi) is 4.00. The zero-order valence-corrected chi connectivity index (χ0v) is 14.2. The Balaban J connectivity index is 2.50. The standard InChI is InChI=1S/C17H14O7S/c1-3-23-10-7-12-15(18)11-6-9(17(19)20)4-5-13(11)24-16(12)14(8-10)25(2,21)22/h4-8H,3H2,1-2H3,(H,19,20). The van der Waals surface area contributed by atoms with E-state index in [1.54, 1.807) is 6.92 Å². The van der Waals surface area contributed by atoms with E-state index in [0.717, 1.165) is 6.26 Å². The number of carboxylic acid groups (broad SMARTS) is 1. The topological polar surface area (TPSA) is 111 Å². The van der Waals surface area contributed by atoms with Crippen LogP contribution in [-0.2, 0) is 9.84 Å². The number of rotatable bonds is 4. The number of hydrogen-bond donors (Lipinski definition) is 1. The molecule has 1 N–H and O–H groups in total. The Morgan fingerprint density at radius 1 is 1.20 bits per heavy atom. The van der Waals surface area contributed by atoms with Gasteiger partial charge in [0.1, 0.15) is 16.2 Å². The smallest absolute Gasteiger partial charge is 0.335 e. The second-order valence-electron chi connectivity index (χ2n) is 5.45. The Labute approximate surface area is 142 Å². The van der Waals surface area contributed by atoms with Crippen LogP contribution in [0, 0.1) is 0 Å². The number of aromatic carboxylic acids is 1. The summed E-state index contributed by atoms with van der Waals surface area (Å²) in [7, 11) is -3.68. The molecule has 1 heterocycles. The van der Waals surface area contributed by atoms with Crippen LogP contribution < -0.4 is 10.2 Å². The van der Waals surface area contributed by atoms with E-state index in [2.05, 4.69) is 0 Å². The van der Waals surface area contributed by atoms with Gasteiger partial charge in [0.15, 0.2) is 15.4 Å². The van der Waals surface area contributed by atoms with Gasteiger partial charge in [-0.15, -0.1) is 0 Å². The predicted octanol–water partition coefficient (Wildman–Crippen LogP) is 2.45. The lowest BCUT2D eigenvalue weighted by molar-refractivity contribution is 0.0697. The maximum absolute atomic E-state index is 12.8. The second-order valence-corrected chi connectivity index (χ2v) is 7.43. The molecule has 3 aromatic rings. The van der Waals surface area contributed by atoms with E-state index >= 15 is 0 Å². The zero-order valence-electron chi connectivity index (χ0n) is 13.4. The van der Waals surface area contributed by atoms with Crippen LogP contribution in [0.3, 0.4) is 0 Å². The molecular formula is C17H14O7S. The minimum absolute atomic E-state index is 0.0152. The molecule has 0 saturated carbocycles. The van der Waals surface area contributed by atoms with E-state index < -0.39 is 21.2 Å². The lowest BCUT2D eigenvalue weighted by Crippen LogP contribution is -2.08. The summed E-state index contributed by atoms with van der Waals surface area (Å²) in [5.41, 5.74) is -0.558. The van der Waals surface area contributed by atoms with Crippen molar-refractivity contribution >= 4 is 37.7 Å². The molecule has 0 bridgehead atoms. The summed E-state index contributed by atoms with van der Waals surface area (Å²) in [6.07, 6.45) is 1.01. The number of fused-ring (bicyclic) bond motifs is 2. The third kappa shape index (κ3) is 2.96. The van der Waals surface area contributed by atoms with Crippen molar-refractivity contribution in [3.8, 4) is 5.75 Å². The van der Waals surface area contributed by atoms with Gasteiger partial charge in [0.25, 0.3) is 0 Å². The highest BCUT2D eigenvalue weighted by Crippen LogP contribution is 2.30. The quantitative estimate of drug-likeness (QED) is 0.710. The monoisotopic (exact) mass is 362 g/mol. The van der Waals surface area contributed by atoms with Crippen molar-refractivity contribution in [2.24, 2.45) is 0 Å². The first-order chi connectivity index (χ1) is 11.7. The molecule has 0 radical (unpaired) electrons. The van der Waals surface area contributed by atoms with E-state index in [1.165, 1.54) is 30.3 Å². The van der Waals surface area contributed by atoms with Crippen LogP contribution in [0.1, 0.15) is 17.3 Å². The molecule has 0 unspecified atom stereocenters. The summed E-state index contributed by atoms with van der Waals surface area (Å²) >= 11 is 0. The summed E-state index contributed by atoms with van der Waals surface area (Å²) in [6.45, 7) is 2.02. The van der Waals surface area contributed by atoms with Crippen molar-refractivity contribution in [1.82, 2.24) is 0 Å². The van der Waals surface area contributed by atoms with Crippen molar-refractivity contribution < 1.29 is 27.5 Å². The molecule has 25 heavy (non-hydrogen) atoms. The Morgan fingerprint density at radius 3 is 2.52 bits per heavy atom. The molecule has 0 atom stereocenters. The van der Waals surface area contributed by atoms with E-state index in [1.807, 2.05) is 0 Å². The van der Waals surface area contributed by atoms with Crippen molar-refractivity contribution in [3.63, 3.8) is 0 Å². The number of sulfone groups is 1. The van der Waals surface area contributed by atoms with E-state index in [9.17, 15) is 18.0 Å². The summed E-state index contributed by atoms with van der Waals surface area (Å²) < 4.78 is 35.2. The molecule has 0 spiro atoms. The SMILES string of the molecule is CCOc1cc(S(C)(=O)=O)c2oc3ccc(C(=O)O)cc3c(=O)c2c1. The molecule has 7 nitrogen and oxygen atoms in total. The number of carbonyl (C=O) groups is 1. The lowest BCUT2D eigenvalue weighted by Gasteiger charge is -2.10. The average molecular weight is 362 g/mol. The van der Waals surface area contributed by atoms with Gasteiger partial charge < -0.3 is 14.3 Å². The van der Waals surface area contributed by atoms with Crippen molar-refractivity contribution in [2.45, 2.75) is 11.8 Å². The van der Waals surface area contributed by atoms with Crippen LogP contribution in [-0.4, -0.2) is 32.4 Å². The van der Waals surface area contributed by atoms with Crippen molar-refractivity contribution in [2.75, 3.05) is 12.9 Å². The van der Waals surface area contributed by atoms with Gasteiger partial charge in [-0.3, -0.25) is 4.79 Å². The molecule has 1 aromatic heterocycles. The van der Waals surface area contributed by atoms with Crippen LogP contribution in [0.15, 0.2) is 44.4 Å². The molecular weight excluding hydrogens is 348 g/mol. The fraction of sp³-hybridized carbons (Fsp3) is 0.176. The average Bonchev–Trinajstić information content (AvgIpc) is 2.54. The number of ether oxygens (including phenoxy) is 1. The first-order valence-electron chi connectivity index (χ1n) is 7.33. The second kappa shape index (κ2) is 5.89. The van der Waals surface area contributed by atoms with Gasteiger partial charge in [-0.2, -0.15) is 0 Å². The minimum Gasteiger partial charge on any atom is -0.494 e.